The van der Waals surface area contributed by atoms with Crippen molar-refractivity contribution in [3.05, 3.63) is 108 Å². The summed E-state index contributed by atoms with van der Waals surface area (Å²) in [6.07, 6.45) is 4.12. The monoisotopic (exact) mass is 370 g/mol. The molecule has 0 aliphatic rings. The molecule has 0 unspecified atom stereocenters. The summed E-state index contributed by atoms with van der Waals surface area (Å²) < 4.78 is 5.14. The van der Waals surface area contributed by atoms with Crippen molar-refractivity contribution in [2.24, 2.45) is 5.10 Å². The predicted molar refractivity (Wildman–Crippen MR) is 113 cm³/mol. The van der Waals surface area contributed by atoms with Gasteiger partial charge >= 0.3 is 0 Å². The van der Waals surface area contributed by atoms with Crippen molar-refractivity contribution in [2.75, 3.05) is 7.11 Å². The van der Waals surface area contributed by atoms with Crippen LogP contribution in [0.1, 0.15) is 16.7 Å². The molecule has 4 heteroatoms. The predicted octanol–water partition coefficient (Wildman–Crippen LogP) is 4.47. The number of hydrogen-bond donors (Lipinski definition) is 1. The van der Waals surface area contributed by atoms with Gasteiger partial charge in [-0.2, -0.15) is 5.10 Å². The minimum absolute atomic E-state index is 0.174. The fraction of sp³-hybridized carbons (Fsp3) is 0.0833. The van der Waals surface area contributed by atoms with Crippen molar-refractivity contribution < 1.29 is 9.53 Å². The third-order valence-electron chi connectivity index (χ3n) is 4.13. The van der Waals surface area contributed by atoms with Gasteiger partial charge in [-0.3, -0.25) is 4.79 Å². The highest BCUT2D eigenvalue weighted by Gasteiger charge is 2.05. The lowest BCUT2D eigenvalue weighted by molar-refractivity contribution is -0.120. The average molecular weight is 370 g/mol. The molecule has 3 rings (SSSR count). The zero-order chi connectivity index (χ0) is 19.6. The molecule has 4 nitrogen and oxygen atoms in total. The quantitative estimate of drug-likeness (QED) is 0.493. The van der Waals surface area contributed by atoms with Crippen molar-refractivity contribution in [2.45, 2.75) is 6.42 Å². The Kier molecular flexibility index (Phi) is 6.74. The Labute approximate surface area is 165 Å². The standard InChI is InChI=1S/C24H22N2O2/c1-28-22-15-12-20(13-16-22)18-24(27)26-25-23(21-10-6-3-7-11-21)17-14-19-8-4-2-5-9-19/h2-17H,18H2,1H3,(H,26,27)/b17-14-,25-23?. The third-order valence-corrected chi connectivity index (χ3v) is 4.13. The van der Waals surface area contributed by atoms with E-state index in [0.29, 0.717) is 5.71 Å². The van der Waals surface area contributed by atoms with Gasteiger partial charge in [0.25, 0.3) is 0 Å². The molecule has 28 heavy (non-hydrogen) atoms. The van der Waals surface area contributed by atoms with Crippen LogP contribution in [0.25, 0.3) is 6.08 Å². The fourth-order valence-electron chi connectivity index (χ4n) is 2.64. The molecule has 0 atom stereocenters. The van der Waals surface area contributed by atoms with Gasteiger partial charge in [0.1, 0.15) is 5.75 Å². The number of amides is 1. The third kappa shape index (κ3) is 5.68. The first-order chi connectivity index (χ1) is 13.7. The molecule has 3 aromatic rings. The summed E-state index contributed by atoms with van der Waals surface area (Å²) in [7, 11) is 1.62. The van der Waals surface area contributed by atoms with Gasteiger partial charge in [-0.15, -0.1) is 0 Å². The van der Waals surface area contributed by atoms with Gasteiger partial charge in [-0.05, 0) is 29.3 Å². The van der Waals surface area contributed by atoms with E-state index in [4.69, 9.17) is 4.74 Å². The van der Waals surface area contributed by atoms with Crippen LogP contribution >= 0.6 is 0 Å². The molecule has 0 bridgehead atoms. The van der Waals surface area contributed by atoms with Crippen LogP contribution in [0.3, 0.4) is 0 Å². The number of carbonyl (C=O) groups excluding carboxylic acids is 1. The molecule has 0 radical (unpaired) electrons. The van der Waals surface area contributed by atoms with E-state index in [0.717, 1.165) is 22.4 Å². The lowest BCUT2D eigenvalue weighted by Crippen LogP contribution is -2.21. The van der Waals surface area contributed by atoms with E-state index in [9.17, 15) is 4.79 Å². The number of nitrogens with one attached hydrogen (secondary N) is 1. The molecular weight excluding hydrogens is 348 g/mol. The summed E-state index contributed by atoms with van der Waals surface area (Å²) in [6, 6.07) is 27.1. The Morgan fingerprint density at radius 3 is 2.21 bits per heavy atom. The number of allylic oxidation sites excluding steroid dienone is 1. The second-order valence-electron chi connectivity index (χ2n) is 6.17. The van der Waals surface area contributed by atoms with E-state index >= 15 is 0 Å². The van der Waals surface area contributed by atoms with Crippen molar-refractivity contribution in [3.63, 3.8) is 0 Å². The van der Waals surface area contributed by atoms with Crippen LogP contribution in [0.2, 0.25) is 0 Å². The minimum atomic E-state index is -0.174. The van der Waals surface area contributed by atoms with E-state index in [1.165, 1.54) is 0 Å². The van der Waals surface area contributed by atoms with Crippen LogP contribution in [-0.4, -0.2) is 18.7 Å². The summed E-state index contributed by atoms with van der Waals surface area (Å²) in [6.45, 7) is 0. The van der Waals surface area contributed by atoms with Crippen LogP contribution in [0, 0.1) is 0 Å². The van der Waals surface area contributed by atoms with E-state index in [1.807, 2.05) is 97.1 Å². The maximum atomic E-state index is 12.3. The van der Waals surface area contributed by atoms with Crippen LogP contribution in [0.4, 0.5) is 0 Å². The van der Waals surface area contributed by atoms with Crippen molar-refractivity contribution in [3.8, 4) is 5.75 Å². The zero-order valence-corrected chi connectivity index (χ0v) is 15.7. The van der Waals surface area contributed by atoms with Gasteiger partial charge in [-0.1, -0.05) is 78.9 Å². The second kappa shape index (κ2) is 9.88. The lowest BCUT2D eigenvalue weighted by atomic mass is 10.1. The zero-order valence-electron chi connectivity index (χ0n) is 15.7. The Balaban J connectivity index is 1.72. The Morgan fingerprint density at radius 1 is 0.929 bits per heavy atom. The smallest absolute Gasteiger partial charge is 0.244 e. The highest BCUT2D eigenvalue weighted by atomic mass is 16.5. The highest BCUT2D eigenvalue weighted by molar-refractivity contribution is 6.11. The summed E-state index contributed by atoms with van der Waals surface area (Å²) in [5.74, 6) is 0.589. The maximum absolute atomic E-state index is 12.3. The molecule has 0 heterocycles. The van der Waals surface area contributed by atoms with Gasteiger partial charge in [0, 0.05) is 5.56 Å². The molecule has 0 spiro atoms. The number of hydrogen-bond acceptors (Lipinski definition) is 3. The van der Waals surface area contributed by atoms with E-state index in [1.54, 1.807) is 7.11 Å². The summed E-state index contributed by atoms with van der Waals surface area (Å²) in [4.78, 5) is 12.3. The highest BCUT2D eigenvalue weighted by Crippen LogP contribution is 2.12. The number of nitrogens with zero attached hydrogens (tertiary/aromatic N) is 1. The molecule has 0 aliphatic carbocycles. The minimum Gasteiger partial charge on any atom is -0.497 e. The number of hydrazone groups is 1. The molecule has 0 saturated heterocycles. The van der Waals surface area contributed by atoms with Gasteiger partial charge in [0.05, 0.1) is 19.2 Å². The first-order valence-electron chi connectivity index (χ1n) is 9.02. The first-order valence-corrected chi connectivity index (χ1v) is 9.02. The molecule has 0 aliphatic heterocycles. The van der Waals surface area contributed by atoms with Crippen molar-refractivity contribution in [1.29, 1.82) is 0 Å². The first kappa shape index (κ1) is 19.1. The molecule has 0 aromatic heterocycles. The summed E-state index contributed by atoms with van der Waals surface area (Å²) in [5.41, 5.74) is 6.24. The number of methoxy groups -OCH3 is 1. The van der Waals surface area contributed by atoms with Gasteiger partial charge in [0.15, 0.2) is 0 Å². The van der Waals surface area contributed by atoms with Crippen molar-refractivity contribution >= 4 is 17.7 Å². The number of benzene rings is 3. The van der Waals surface area contributed by atoms with Crippen LogP contribution in [0.5, 0.6) is 5.75 Å². The number of ether oxygens (including phenoxy) is 1. The van der Waals surface area contributed by atoms with Crippen LogP contribution in [0.15, 0.2) is 96.1 Å². The maximum Gasteiger partial charge on any atom is 0.244 e. The summed E-state index contributed by atoms with van der Waals surface area (Å²) in [5, 5.41) is 4.34. The van der Waals surface area contributed by atoms with Gasteiger partial charge in [0.2, 0.25) is 5.91 Å². The molecule has 140 valence electrons. The number of carbonyl (C=O) groups is 1. The topological polar surface area (TPSA) is 50.7 Å². The molecule has 1 amide bonds. The van der Waals surface area contributed by atoms with E-state index in [-0.39, 0.29) is 12.3 Å². The second-order valence-corrected chi connectivity index (χ2v) is 6.17. The Hall–Kier alpha value is -3.66. The Bertz CT molecular complexity index is 947. The fourth-order valence-corrected chi connectivity index (χ4v) is 2.64. The van der Waals surface area contributed by atoms with E-state index in [2.05, 4.69) is 10.5 Å². The SMILES string of the molecule is COc1ccc(CC(=O)NN=C(/C=C\c2ccccc2)c2ccccc2)cc1. The average Bonchev–Trinajstić information content (AvgIpc) is 2.75. The Morgan fingerprint density at radius 2 is 1.57 bits per heavy atom. The normalized spacial score (nSPS) is 11.4. The van der Waals surface area contributed by atoms with Crippen molar-refractivity contribution in [1.82, 2.24) is 5.43 Å². The molecule has 0 saturated carbocycles. The largest absolute Gasteiger partial charge is 0.497 e. The lowest BCUT2D eigenvalue weighted by Gasteiger charge is -2.05. The molecule has 3 aromatic carbocycles. The molecular formula is C24H22N2O2. The van der Waals surface area contributed by atoms with Gasteiger partial charge in [-0.25, -0.2) is 5.43 Å². The van der Waals surface area contributed by atoms with Gasteiger partial charge < -0.3 is 4.74 Å². The van der Waals surface area contributed by atoms with E-state index < -0.39 is 0 Å². The molecule has 0 fully saturated rings. The van der Waals surface area contributed by atoms with Crippen LogP contribution in [-0.2, 0) is 11.2 Å². The van der Waals surface area contributed by atoms with Crippen LogP contribution < -0.4 is 10.2 Å². The molecule has 1 N–H and O–H groups in total. The number of rotatable bonds is 7. The summed E-state index contributed by atoms with van der Waals surface area (Å²) >= 11 is 0.